The zero-order chi connectivity index (χ0) is 23.1. The van der Waals surface area contributed by atoms with Crippen LogP contribution in [0.3, 0.4) is 0 Å². The molecular formula is C20H18Cl2N6O4. The van der Waals surface area contributed by atoms with Crippen molar-refractivity contribution < 1.29 is 19.1 Å². The minimum absolute atomic E-state index is 0.109. The highest BCUT2D eigenvalue weighted by Gasteiger charge is 2.18. The van der Waals surface area contributed by atoms with Crippen LogP contribution in [-0.4, -0.2) is 56.5 Å². The van der Waals surface area contributed by atoms with E-state index in [0.29, 0.717) is 10.0 Å². The van der Waals surface area contributed by atoms with Crippen LogP contribution in [0.4, 0.5) is 5.69 Å². The summed E-state index contributed by atoms with van der Waals surface area (Å²) in [5.74, 6) is -1.60. The van der Waals surface area contributed by atoms with Crippen molar-refractivity contribution >= 4 is 46.7 Å². The maximum Gasteiger partial charge on any atom is 0.340 e. The van der Waals surface area contributed by atoms with Gasteiger partial charge in [0.25, 0.3) is 5.91 Å². The van der Waals surface area contributed by atoms with Gasteiger partial charge in [-0.2, -0.15) is 0 Å². The molecule has 32 heavy (non-hydrogen) atoms. The molecule has 0 bridgehead atoms. The summed E-state index contributed by atoms with van der Waals surface area (Å²) in [7, 11) is 1.58. The Morgan fingerprint density at radius 3 is 2.62 bits per heavy atom. The molecule has 0 aliphatic rings. The Labute approximate surface area is 193 Å². The van der Waals surface area contributed by atoms with Crippen LogP contribution in [0.25, 0.3) is 0 Å². The van der Waals surface area contributed by atoms with E-state index >= 15 is 0 Å². The third-order valence-corrected chi connectivity index (χ3v) is 5.01. The number of tetrazole rings is 1. The fourth-order valence-electron chi connectivity index (χ4n) is 2.67. The Hall–Kier alpha value is -3.50. The van der Waals surface area contributed by atoms with Crippen molar-refractivity contribution in [2.75, 3.05) is 19.0 Å². The number of carbonyl (C=O) groups excluding carboxylic acids is 3. The molecule has 0 unspecified atom stereocenters. The highest BCUT2D eigenvalue weighted by Crippen LogP contribution is 2.23. The lowest BCUT2D eigenvalue weighted by molar-refractivity contribution is -0.133. The van der Waals surface area contributed by atoms with Crippen LogP contribution in [0.2, 0.25) is 10.0 Å². The van der Waals surface area contributed by atoms with Crippen molar-refractivity contribution in [3.05, 3.63) is 70.0 Å². The molecular weight excluding hydrogens is 459 g/mol. The van der Waals surface area contributed by atoms with E-state index in [1.54, 1.807) is 43.4 Å². The lowest BCUT2D eigenvalue weighted by Gasteiger charge is -2.18. The number of anilines is 1. The van der Waals surface area contributed by atoms with E-state index in [1.807, 2.05) is 0 Å². The van der Waals surface area contributed by atoms with Crippen LogP contribution in [0.1, 0.15) is 15.9 Å². The second-order valence-electron chi connectivity index (χ2n) is 6.68. The number of hydrogen-bond acceptors (Lipinski definition) is 7. The predicted molar refractivity (Wildman–Crippen MR) is 116 cm³/mol. The topological polar surface area (TPSA) is 119 Å². The summed E-state index contributed by atoms with van der Waals surface area (Å²) >= 11 is 11.9. The quantitative estimate of drug-likeness (QED) is 0.495. The summed E-state index contributed by atoms with van der Waals surface area (Å²) in [4.78, 5) is 38.5. The molecule has 0 aliphatic heterocycles. The van der Waals surface area contributed by atoms with Gasteiger partial charge in [-0.15, -0.1) is 5.10 Å². The van der Waals surface area contributed by atoms with Crippen LogP contribution in [-0.2, 0) is 27.4 Å². The molecule has 0 spiro atoms. The molecule has 3 aromatic rings. The Morgan fingerprint density at radius 1 is 1.12 bits per heavy atom. The molecule has 10 nitrogen and oxygen atoms in total. The predicted octanol–water partition coefficient (Wildman–Crippen LogP) is 2.43. The van der Waals surface area contributed by atoms with Crippen molar-refractivity contribution in [1.82, 2.24) is 25.1 Å². The second-order valence-corrected chi connectivity index (χ2v) is 7.49. The lowest BCUT2D eigenvalue weighted by Crippen LogP contribution is -2.31. The monoisotopic (exact) mass is 476 g/mol. The number of nitrogens with zero attached hydrogens (tertiary/aromatic N) is 5. The average molecular weight is 477 g/mol. The van der Waals surface area contributed by atoms with Gasteiger partial charge in [0.05, 0.1) is 21.3 Å². The third kappa shape index (κ3) is 6.25. The first-order valence-electron chi connectivity index (χ1n) is 9.28. The molecule has 3 rings (SSSR count). The molecule has 2 amide bonds. The van der Waals surface area contributed by atoms with Crippen molar-refractivity contribution in [2.45, 2.75) is 13.1 Å². The summed E-state index contributed by atoms with van der Waals surface area (Å²) in [6.45, 7) is -0.338. The summed E-state index contributed by atoms with van der Waals surface area (Å²) in [5, 5.41) is 13.9. The van der Waals surface area contributed by atoms with Gasteiger partial charge in [0.15, 0.2) is 6.61 Å². The molecule has 1 aromatic heterocycles. The van der Waals surface area contributed by atoms with E-state index in [1.165, 1.54) is 22.0 Å². The van der Waals surface area contributed by atoms with Crippen molar-refractivity contribution in [3.63, 3.8) is 0 Å². The van der Waals surface area contributed by atoms with E-state index in [-0.39, 0.29) is 24.3 Å². The fourth-order valence-corrected chi connectivity index (χ4v) is 3.00. The fraction of sp³-hybridized carbons (Fsp3) is 0.200. The molecule has 0 atom stereocenters. The zero-order valence-corrected chi connectivity index (χ0v) is 18.4. The number of para-hydroxylation sites is 1. The maximum absolute atomic E-state index is 12.5. The van der Waals surface area contributed by atoms with Crippen LogP contribution in [0, 0.1) is 0 Å². The van der Waals surface area contributed by atoms with Gasteiger partial charge < -0.3 is 15.0 Å². The molecule has 12 heteroatoms. The SMILES string of the molecule is CN(Cc1ccc(Cl)c(Cl)c1)C(=O)COC(=O)c1ccccc1NC(=O)Cn1cnnn1. The highest BCUT2D eigenvalue weighted by molar-refractivity contribution is 6.42. The summed E-state index contributed by atoms with van der Waals surface area (Å²) in [6, 6.07) is 11.4. The van der Waals surface area contributed by atoms with Gasteiger partial charge in [-0.05, 0) is 40.3 Å². The number of likely N-dealkylation sites (N-methyl/N-ethyl adjacent to an activating group) is 1. The minimum Gasteiger partial charge on any atom is -0.452 e. The van der Waals surface area contributed by atoms with Crippen LogP contribution < -0.4 is 5.32 Å². The van der Waals surface area contributed by atoms with E-state index in [2.05, 4.69) is 20.8 Å². The maximum atomic E-state index is 12.5. The van der Waals surface area contributed by atoms with Gasteiger partial charge in [-0.3, -0.25) is 9.59 Å². The first-order valence-corrected chi connectivity index (χ1v) is 10.0. The minimum atomic E-state index is -0.750. The standard InChI is InChI=1S/C20H18Cl2N6O4/c1-27(9-13-6-7-15(21)16(22)8-13)19(30)11-32-20(31)14-4-2-3-5-17(14)24-18(29)10-28-12-23-25-26-28/h2-8,12H,9-11H2,1H3,(H,24,29). The molecule has 0 radical (unpaired) electrons. The molecule has 2 aromatic carbocycles. The number of halogens is 2. The van der Waals surface area contributed by atoms with E-state index in [4.69, 9.17) is 27.9 Å². The van der Waals surface area contributed by atoms with E-state index in [9.17, 15) is 14.4 Å². The molecule has 166 valence electrons. The number of hydrogen-bond donors (Lipinski definition) is 1. The number of nitrogens with one attached hydrogen (secondary N) is 1. The van der Waals surface area contributed by atoms with Crippen LogP contribution in [0.5, 0.6) is 0 Å². The largest absolute Gasteiger partial charge is 0.452 e. The molecule has 0 fully saturated rings. The first-order chi connectivity index (χ1) is 15.3. The number of aromatic nitrogens is 4. The number of amides is 2. The Morgan fingerprint density at radius 2 is 1.91 bits per heavy atom. The zero-order valence-electron chi connectivity index (χ0n) is 16.9. The van der Waals surface area contributed by atoms with Gasteiger partial charge in [0.1, 0.15) is 12.9 Å². The number of ether oxygens (including phenoxy) is 1. The Balaban J connectivity index is 1.56. The average Bonchev–Trinajstić information content (AvgIpc) is 3.27. The number of rotatable bonds is 8. The number of benzene rings is 2. The number of carbonyl (C=O) groups is 3. The third-order valence-electron chi connectivity index (χ3n) is 4.27. The molecule has 0 saturated heterocycles. The second kappa shape index (κ2) is 10.7. The summed E-state index contributed by atoms with van der Waals surface area (Å²) in [5.41, 5.74) is 1.13. The molecule has 0 saturated carbocycles. The van der Waals surface area contributed by atoms with Gasteiger partial charge >= 0.3 is 5.97 Å². The van der Waals surface area contributed by atoms with Gasteiger partial charge in [0, 0.05) is 13.6 Å². The van der Waals surface area contributed by atoms with Crippen molar-refractivity contribution in [2.24, 2.45) is 0 Å². The smallest absolute Gasteiger partial charge is 0.340 e. The van der Waals surface area contributed by atoms with Crippen LogP contribution in [0.15, 0.2) is 48.8 Å². The van der Waals surface area contributed by atoms with Crippen LogP contribution >= 0.6 is 23.2 Å². The first kappa shape index (κ1) is 23.2. The van der Waals surface area contributed by atoms with Gasteiger partial charge in [0.2, 0.25) is 5.91 Å². The van der Waals surface area contributed by atoms with E-state index in [0.717, 1.165) is 5.56 Å². The Kier molecular flexibility index (Phi) is 7.74. The highest BCUT2D eigenvalue weighted by atomic mass is 35.5. The Bertz CT molecular complexity index is 1120. The lowest BCUT2D eigenvalue weighted by atomic mass is 10.2. The van der Waals surface area contributed by atoms with Gasteiger partial charge in [-0.1, -0.05) is 41.4 Å². The molecule has 1 N–H and O–H groups in total. The summed E-state index contributed by atoms with van der Waals surface area (Å²) < 4.78 is 6.39. The summed E-state index contributed by atoms with van der Waals surface area (Å²) in [6.07, 6.45) is 1.29. The van der Waals surface area contributed by atoms with Crippen molar-refractivity contribution in [1.29, 1.82) is 0 Å². The van der Waals surface area contributed by atoms with Gasteiger partial charge in [-0.25, -0.2) is 9.48 Å². The van der Waals surface area contributed by atoms with Crippen molar-refractivity contribution in [3.8, 4) is 0 Å². The van der Waals surface area contributed by atoms with E-state index < -0.39 is 24.4 Å². The molecule has 1 heterocycles. The number of esters is 1. The normalized spacial score (nSPS) is 10.5. The molecule has 0 aliphatic carbocycles.